The smallest absolute Gasteiger partial charge is 0.227 e. The van der Waals surface area contributed by atoms with Crippen molar-refractivity contribution in [3.05, 3.63) is 28.8 Å². The van der Waals surface area contributed by atoms with Gasteiger partial charge in [0.25, 0.3) is 0 Å². The monoisotopic (exact) mass is 307 g/mol. The summed E-state index contributed by atoms with van der Waals surface area (Å²) < 4.78 is 0. The third-order valence-electron chi connectivity index (χ3n) is 3.19. The fourth-order valence-electron chi connectivity index (χ4n) is 2.20. The van der Waals surface area contributed by atoms with E-state index in [0.717, 1.165) is 25.7 Å². The zero-order valence-corrected chi connectivity index (χ0v) is 13.3. The summed E-state index contributed by atoms with van der Waals surface area (Å²) in [6.45, 7) is 3.94. The van der Waals surface area contributed by atoms with Crippen LogP contribution < -0.4 is 5.32 Å². The molecule has 0 unspecified atom stereocenters. The number of anilines is 1. The van der Waals surface area contributed by atoms with Crippen LogP contribution in [0.25, 0.3) is 0 Å². The van der Waals surface area contributed by atoms with Crippen molar-refractivity contribution in [2.45, 2.75) is 39.5 Å². The molecule has 0 atom stereocenters. The number of carbonyl (C=O) groups excluding carboxylic acids is 1. The third kappa shape index (κ3) is 5.79. The molecule has 0 heterocycles. The minimum absolute atomic E-state index is 0.00742. The molecule has 0 aromatic heterocycles. The Hall–Kier alpha value is -1.50. The normalized spacial score (nSPS) is 10.1. The molecule has 1 amide bonds. The lowest BCUT2D eigenvalue weighted by atomic mass is 9.97. The molecule has 0 saturated carbocycles. The predicted molar refractivity (Wildman–Crippen MR) is 87.4 cm³/mol. The first kappa shape index (κ1) is 17.6. The number of benzene rings is 1. The van der Waals surface area contributed by atoms with Crippen LogP contribution in [-0.4, -0.2) is 17.6 Å². The number of rotatable bonds is 6. The molecule has 0 spiro atoms. The summed E-state index contributed by atoms with van der Waals surface area (Å²) in [5.74, 6) is 5.43. The molecule has 1 rings (SSSR count). The largest absolute Gasteiger partial charge is 0.384 e. The molecule has 21 heavy (non-hydrogen) atoms. The molecule has 0 fully saturated rings. The number of aliphatic hydroxyl groups excluding tert-OH is 1. The zero-order valence-electron chi connectivity index (χ0n) is 12.6. The van der Waals surface area contributed by atoms with Gasteiger partial charge in [-0.15, -0.1) is 0 Å². The van der Waals surface area contributed by atoms with E-state index >= 15 is 0 Å². The second-order valence-electron chi connectivity index (χ2n) is 4.91. The van der Waals surface area contributed by atoms with Crippen molar-refractivity contribution in [1.82, 2.24) is 0 Å². The molecule has 3 nitrogen and oxygen atoms in total. The molecular weight excluding hydrogens is 286 g/mol. The maximum Gasteiger partial charge on any atom is 0.227 e. The number of aliphatic hydroxyl groups is 1. The van der Waals surface area contributed by atoms with Crippen LogP contribution in [0.1, 0.15) is 45.1 Å². The van der Waals surface area contributed by atoms with Crippen LogP contribution in [0.2, 0.25) is 5.02 Å². The van der Waals surface area contributed by atoms with Crippen LogP contribution in [-0.2, 0) is 4.79 Å². The Morgan fingerprint density at radius 3 is 2.57 bits per heavy atom. The van der Waals surface area contributed by atoms with E-state index in [1.165, 1.54) is 0 Å². The second-order valence-corrected chi connectivity index (χ2v) is 5.35. The van der Waals surface area contributed by atoms with Gasteiger partial charge in [0.15, 0.2) is 0 Å². The predicted octanol–water partition coefficient (Wildman–Crippen LogP) is 3.84. The van der Waals surface area contributed by atoms with Gasteiger partial charge >= 0.3 is 0 Å². The molecular formula is C17H22ClNO2. The van der Waals surface area contributed by atoms with Crippen molar-refractivity contribution < 1.29 is 9.90 Å². The Labute approximate surface area is 131 Å². The molecule has 0 bridgehead atoms. The molecule has 1 aromatic rings. The summed E-state index contributed by atoms with van der Waals surface area (Å²) in [6, 6.07) is 5.15. The van der Waals surface area contributed by atoms with Gasteiger partial charge in [-0.05, 0) is 31.0 Å². The van der Waals surface area contributed by atoms with E-state index in [0.29, 0.717) is 16.3 Å². The maximum absolute atomic E-state index is 12.4. The van der Waals surface area contributed by atoms with Crippen LogP contribution in [0.4, 0.5) is 5.69 Å². The van der Waals surface area contributed by atoms with Crippen LogP contribution in [0, 0.1) is 17.8 Å². The third-order valence-corrected chi connectivity index (χ3v) is 3.42. The maximum atomic E-state index is 12.4. The van der Waals surface area contributed by atoms with Gasteiger partial charge in [0.2, 0.25) is 5.91 Å². The quantitative estimate of drug-likeness (QED) is 0.785. The highest BCUT2D eigenvalue weighted by Gasteiger charge is 2.17. The number of hydrogen-bond donors (Lipinski definition) is 2. The van der Waals surface area contributed by atoms with Crippen LogP contribution in [0.15, 0.2) is 18.2 Å². The van der Waals surface area contributed by atoms with Crippen molar-refractivity contribution in [1.29, 1.82) is 0 Å². The zero-order chi connectivity index (χ0) is 15.7. The van der Waals surface area contributed by atoms with Gasteiger partial charge in [-0.2, -0.15) is 0 Å². The molecule has 1 aromatic carbocycles. The fraction of sp³-hybridized carbons (Fsp3) is 0.471. The highest BCUT2D eigenvalue weighted by Crippen LogP contribution is 2.23. The molecule has 2 N–H and O–H groups in total. The standard InChI is InChI=1S/C17H22ClNO2/c1-3-6-14(7-4-2)17(21)19-16-12-15(18)10-9-13(16)8-5-11-20/h9-10,12,14,20H,3-4,6-7,11H2,1-2H3,(H,19,21). The van der Waals surface area contributed by atoms with Crippen molar-refractivity contribution >= 4 is 23.2 Å². The van der Waals surface area contributed by atoms with Crippen molar-refractivity contribution in [3.8, 4) is 11.8 Å². The van der Waals surface area contributed by atoms with Gasteiger partial charge in [0.1, 0.15) is 6.61 Å². The molecule has 0 saturated heterocycles. The summed E-state index contributed by atoms with van der Waals surface area (Å²) in [5, 5.41) is 12.3. The average molecular weight is 308 g/mol. The van der Waals surface area contributed by atoms with Crippen molar-refractivity contribution in [2.75, 3.05) is 11.9 Å². The first-order valence-electron chi connectivity index (χ1n) is 7.32. The van der Waals surface area contributed by atoms with E-state index in [1.807, 2.05) is 0 Å². The molecule has 0 aliphatic carbocycles. The van der Waals surface area contributed by atoms with Gasteiger partial charge in [-0.25, -0.2) is 0 Å². The molecule has 4 heteroatoms. The number of nitrogens with one attached hydrogen (secondary N) is 1. The van der Waals surface area contributed by atoms with Gasteiger partial charge in [0.05, 0.1) is 5.69 Å². The first-order chi connectivity index (χ1) is 10.1. The summed E-state index contributed by atoms with van der Waals surface area (Å²) in [4.78, 5) is 12.4. The topological polar surface area (TPSA) is 49.3 Å². The minimum atomic E-state index is -0.218. The highest BCUT2D eigenvalue weighted by molar-refractivity contribution is 6.31. The average Bonchev–Trinajstić information content (AvgIpc) is 2.46. The lowest BCUT2D eigenvalue weighted by Gasteiger charge is -2.16. The second kappa shape index (κ2) is 9.44. The van der Waals surface area contributed by atoms with Crippen LogP contribution >= 0.6 is 11.6 Å². The van der Waals surface area contributed by atoms with Crippen molar-refractivity contribution in [2.24, 2.45) is 5.92 Å². The summed E-state index contributed by atoms with van der Waals surface area (Å²) in [7, 11) is 0. The number of halogens is 1. The van der Waals surface area contributed by atoms with E-state index in [-0.39, 0.29) is 18.4 Å². The van der Waals surface area contributed by atoms with Crippen LogP contribution in [0.5, 0.6) is 0 Å². The van der Waals surface area contributed by atoms with E-state index in [2.05, 4.69) is 31.0 Å². The summed E-state index contributed by atoms with van der Waals surface area (Å²) in [5.41, 5.74) is 1.26. The Bertz CT molecular complexity index is 525. The molecule has 114 valence electrons. The molecule has 0 aliphatic heterocycles. The van der Waals surface area contributed by atoms with E-state index in [1.54, 1.807) is 18.2 Å². The Balaban J connectivity index is 2.94. The Morgan fingerprint density at radius 1 is 1.33 bits per heavy atom. The number of hydrogen-bond acceptors (Lipinski definition) is 2. The van der Waals surface area contributed by atoms with Gasteiger partial charge < -0.3 is 10.4 Å². The lowest BCUT2D eigenvalue weighted by Crippen LogP contribution is -2.23. The van der Waals surface area contributed by atoms with Gasteiger partial charge in [-0.1, -0.05) is 50.1 Å². The molecule has 0 aliphatic rings. The van der Waals surface area contributed by atoms with E-state index in [9.17, 15) is 4.79 Å². The lowest BCUT2D eigenvalue weighted by molar-refractivity contribution is -0.120. The minimum Gasteiger partial charge on any atom is -0.384 e. The Morgan fingerprint density at radius 2 is 2.00 bits per heavy atom. The Kier molecular flexibility index (Phi) is 7.89. The van der Waals surface area contributed by atoms with Crippen LogP contribution in [0.3, 0.4) is 0 Å². The van der Waals surface area contributed by atoms with Gasteiger partial charge in [0, 0.05) is 16.5 Å². The number of amides is 1. The van der Waals surface area contributed by atoms with E-state index in [4.69, 9.17) is 16.7 Å². The fourth-order valence-corrected chi connectivity index (χ4v) is 2.37. The molecule has 0 radical (unpaired) electrons. The number of carbonyl (C=O) groups is 1. The SMILES string of the molecule is CCCC(CCC)C(=O)Nc1cc(Cl)ccc1C#CCO. The summed E-state index contributed by atoms with van der Waals surface area (Å²) in [6.07, 6.45) is 3.70. The summed E-state index contributed by atoms with van der Waals surface area (Å²) >= 11 is 5.99. The van der Waals surface area contributed by atoms with Crippen molar-refractivity contribution in [3.63, 3.8) is 0 Å². The highest BCUT2D eigenvalue weighted by atomic mass is 35.5. The first-order valence-corrected chi connectivity index (χ1v) is 7.70. The van der Waals surface area contributed by atoms with Gasteiger partial charge in [-0.3, -0.25) is 4.79 Å². The van der Waals surface area contributed by atoms with E-state index < -0.39 is 0 Å².